The number of carbonyl (C=O) groups is 2. The molecule has 4 heteroatoms. The van der Waals surface area contributed by atoms with Gasteiger partial charge in [-0.1, -0.05) is 37.3 Å². The van der Waals surface area contributed by atoms with Gasteiger partial charge in [0.1, 0.15) is 0 Å². The number of hydrogen-bond acceptors (Lipinski definition) is 4. The van der Waals surface area contributed by atoms with Crippen LogP contribution < -0.4 is 5.32 Å². The number of ketones is 1. The number of ether oxygens (including phenoxy) is 1. The molecule has 0 aromatic heterocycles. The molecule has 1 saturated heterocycles. The quantitative estimate of drug-likeness (QED) is 0.645. The van der Waals surface area contributed by atoms with Crippen LogP contribution in [0.2, 0.25) is 0 Å². The molecule has 1 fully saturated rings. The van der Waals surface area contributed by atoms with Gasteiger partial charge in [-0.3, -0.25) is 9.59 Å². The molecule has 1 aliphatic rings. The maximum absolute atomic E-state index is 12.2. The lowest BCUT2D eigenvalue weighted by molar-refractivity contribution is -0.145. The van der Waals surface area contributed by atoms with E-state index in [-0.39, 0.29) is 23.7 Å². The lowest BCUT2D eigenvalue weighted by Crippen LogP contribution is -2.24. The van der Waals surface area contributed by atoms with Crippen molar-refractivity contribution in [3.63, 3.8) is 0 Å². The molecule has 1 aliphatic heterocycles. The Bertz CT molecular complexity index is 486. The molecule has 4 nitrogen and oxygen atoms in total. The van der Waals surface area contributed by atoms with Crippen LogP contribution >= 0.6 is 0 Å². The Kier molecular flexibility index (Phi) is 5.51. The van der Waals surface area contributed by atoms with E-state index in [0.29, 0.717) is 12.3 Å². The van der Waals surface area contributed by atoms with E-state index in [0.717, 1.165) is 24.9 Å². The van der Waals surface area contributed by atoms with Gasteiger partial charge in [0.25, 0.3) is 0 Å². The summed E-state index contributed by atoms with van der Waals surface area (Å²) in [6.07, 6.45) is 2.28. The second kappa shape index (κ2) is 7.36. The minimum absolute atomic E-state index is 0.0784. The van der Waals surface area contributed by atoms with Gasteiger partial charge < -0.3 is 10.1 Å². The molecule has 1 heterocycles. The third-order valence-electron chi connectivity index (χ3n) is 4.13. The van der Waals surface area contributed by atoms with Gasteiger partial charge in [0.15, 0.2) is 5.78 Å². The van der Waals surface area contributed by atoms with E-state index in [2.05, 4.69) is 5.32 Å². The molecule has 2 rings (SSSR count). The maximum atomic E-state index is 12.2. The van der Waals surface area contributed by atoms with E-state index in [9.17, 15) is 9.59 Å². The molecule has 1 aromatic carbocycles. The lowest BCUT2D eigenvalue weighted by Gasteiger charge is -2.14. The van der Waals surface area contributed by atoms with Gasteiger partial charge in [0.2, 0.25) is 0 Å². The second-order valence-electron chi connectivity index (χ2n) is 5.86. The first-order valence-electron chi connectivity index (χ1n) is 7.49. The van der Waals surface area contributed by atoms with Crippen LogP contribution in [0.1, 0.15) is 36.5 Å². The summed E-state index contributed by atoms with van der Waals surface area (Å²) in [5, 5.41) is 3.40. The fourth-order valence-corrected chi connectivity index (χ4v) is 3.00. The summed E-state index contributed by atoms with van der Waals surface area (Å²) < 4.78 is 4.76. The van der Waals surface area contributed by atoms with Crippen LogP contribution in [0.25, 0.3) is 0 Å². The Balaban J connectivity index is 1.80. The molecule has 1 aromatic rings. The molecule has 1 N–H and O–H groups in total. The van der Waals surface area contributed by atoms with Gasteiger partial charge in [-0.15, -0.1) is 0 Å². The van der Waals surface area contributed by atoms with Crippen molar-refractivity contribution in [2.45, 2.75) is 32.2 Å². The first-order chi connectivity index (χ1) is 10.1. The molecular weight excluding hydrogens is 266 g/mol. The predicted octanol–water partition coefficient (Wildman–Crippen LogP) is 2.44. The zero-order valence-corrected chi connectivity index (χ0v) is 12.7. The molecule has 0 saturated carbocycles. The number of rotatable bonds is 6. The van der Waals surface area contributed by atoms with E-state index in [1.165, 1.54) is 7.11 Å². The van der Waals surface area contributed by atoms with E-state index in [1.807, 2.05) is 37.3 Å². The van der Waals surface area contributed by atoms with Gasteiger partial charge in [-0.2, -0.15) is 0 Å². The number of esters is 1. The highest BCUT2D eigenvalue weighted by Gasteiger charge is 2.29. The van der Waals surface area contributed by atoms with Crippen molar-refractivity contribution in [1.82, 2.24) is 5.32 Å². The highest BCUT2D eigenvalue weighted by molar-refractivity contribution is 5.96. The van der Waals surface area contributed by atoms with Crippen molar-refractivity contribution in [2.24, 2.45) is 11.8 Å². The van der Waals surface area contributed by atoms with E-state index >= 15 is 0 Å². The Labute approximate surface area is 125 Å². The molecule has 2 unspecified atom stereocenters. The minimum atomic E-state index is -0.154. The molecule has 0 aliphatic carbocycles. The third-order valence-corrected chi connectivity index (χ3v) is 4.13. The van der Waals surface area contributed by atoms with E-state index < -0.39 is 0 Å². The first-order valence-corrected chi connectivity index (χ1v) is 7.49. The van der Waals surface area contributed by atoms with Crippen LogP contribution in [-0.2, 0) is 9.53 Å². The Morgan fingerprint density at radius 1 is 1.33 bits per heavy atom. The van der Waals surface area contributed by atoms with Crippen LogP contribution in [-0.4, -0.2) is 31.4 Å². The van der Waals surface area contributed by atoms with Crippen LogP contribution in [0.15, 0.2) is 30.3 Å². The average Bonchev–Trinajstić information content (AvgIpc) is 2.94. The number of Topliss-reactive ketones (excluding diaryl/α,β-unsaturated/α-hetero) is 1. The van der Waals surface area contributed by atoms with Crippen molar-refractivity contribution >= 4 is 11.8 Å². The summed E-state index contributed by atoms with van der Waals surface area (Å²) in [5.74, 6) is 0.381. The fourth-order valence-electron chi connectivity index (χ4n) is 3.00. The molecular formula is C17H23NO3. The highest BCUT2D eigenvalue weighted by Crippen LogP contribution is 2.24. The fraction of sp³-hybridized carbons (Fsp3) is 0.529. The number of carbonyl (C=O) groups excluding carboxylic acids is 2. The van der Waals surface area contributed by atoms with Crippen LogP contribution in [0.3, 0.4) is 0 Å². The largest absolute Gasteiger partial charge is 0.469 e. The molecule has 114 valence electrons. The number of methoxy groups -OCH3 is 1. The van der Waals surface area contributed by atoms with E-state index in [4.69, 9.17) is 4.74 Å². The monoisotopic (exact) mass is 289 g/mol. The van der Waals surface area contributed by atoms with E-state index in [1.54, 1.807) is 0 Å². The summed E-state index contributed by atoms with van der Waals surface area (Å²) in [7, 11) is 1.42. The average molecular weight is 289 g/mol. The lowest BCUT2D eigenvalue weighted by atomic mass is 9.92. The van der Waals surface area contributed by atoms with Gasteiger partial charge in [0, 0.05) is 18.0 Å². The molecule has 21 heavy (non-hydrogen) atoms. The molecule has 3 atom stereocenters. The van der Waals surface area contributed by atoms with Crippen LogP contribution in [0.4, 0.5) is 0 Å². The maximum Gasteiger partial charge on any atom is 0.308 e. The topological polar surface area (TPSA) is 55.4 Å². The molecule has 0 bridgehead atoms. The second-order valence-corrected chi connectivity index (χ2v) is 5.86. The normalized spacial score (nSPS) is 22.8. The standard InChI is InChI=1S/C17H23NO3/c1-12(17(20)21-2)8-13-9-15(18-11-13)10-16(19)14-6-4-3-5-7-14/h3-7,12-13,15,18H,8-11H2,1-2H3/t12?,13?,15-/m0/s1. The van der Waals surface area contributed by atoms with Crippen molar-refractivity contribution in [3.05, 3.63) is 35.9 Å². The first kappa shape index (κ1) is 15.7. The zero-order chi connectivity index (χ0) is 15.2. The van der Waals surface area contributed by atoms with Crippen molar-refractivity contribution in [3.8, 4) is 0 Å². The minimum Gasteiger partial charge on any atom is -0.469 e. The van der Waals surface area contributed by atoms with Crippen LogP contribution in [0.5, 0.6) is 0 Å². The molecule has 0 radical (unpaired) electrons. The summed E-state index contributed by atoms with van der Waals surface area (Å²) in [6, 6.07) is 9.61. The Hall–Kier alpha value is -1.68. The number of hydrogen-bond donors (Lipinski definition) is 1. The Morgan fingerprint density at radius 2 is 2.05 bits per heavy atom. The zero-order valence-electron chi connectivity index (χ0n) is 12.7. The number of nitrogens with one attached hydrogen (secondary N) is 1. The SMILES string of the molecule is COC(=O)C(C)CC1CN[C@H](CC(=O)c2ccccc2)C1. The van der Waals surface area contributed by atoms with Crippen molar-refractivity contribution < 1.29 is 14.3 Å². The summed E-state index contributed by atoms with van der Waals surface area (Å²) in [5.41, 5.74) is 0.769. The highest BCUT2D eigenvalue weighted by atomic mass is 16.5. The molecule has 0 amide bonds. The van der Waals surface area contributed by atoms with Crippen molar-refractivity contribution in [2.75, 3.05) is 13.7 Å². The summed E-state index contributed by atoms with van der Waals surface area (Å²) >= 11 is 0. The van der Waals surface area contributed by atoms with Crippen LogP contribution in [0, 0.1) is 11.8 Å². The van der Waals surface area contributed by atoms with Gasteiger partial charge >= 0.3 is 5.97 Å². The summed E-state index contributed by atoms with van der Waals surface area (Å²) in [4.78, 5) is 23.6. The van der Waals surface area contributed by atoms with Gasteiger partial charge in [0.05, 0.1) is 13.0 Å². The smallest absolute Gasteiger partial charge is 0.308 e. The number of benzene rings is 1. The predicted molar refractivity (Wildman–Crippen MR) is 81.1 cm³/mol. The molecule has 0 spiro atoms. The van der Waals surface area contributed by atoms with Crippen molar-refractivity contribution in [1.29, 1.82) is 0 Å². The van der Waals surface area contributed by atoms with Gasteiger partial charge in [-0.25, -0.2) is 0 Å². The van der Waals surface area contributed by atoms with Gasteiger partial charge in [-0.05, 0) is 25.3 Å². The summed E-state index contributed by atoms with van der Waals surface area (Å²) in [6.45, 7) is 2.77. The third kappa shape index (κ3) is 4.39. The Morgan fingerprint density at radius 3 is 2.71 bits per heavy atom.